The molecule has 2 aromatic carbocycles. The van der Waals surface area contributed by atoms with Crippen molar-refractivity contribution in [2.75, 3.05) is 7.05 Å². The van der Waals surface area contributed by atoms with Gasteiger partial charge in [-0.1, -0.05) is 30.3 Å². The van der Waals surface area contributed by atoms with Crippen LogP contribution in [-0.2, 0) is 6.42 Å². The Morgan fingerprint density at radius 2 is 2.00 bits per heavy atom. The molecule has 0 bridgehead atoms. The van der Waals surface area contributed by atoms with Gasteiger partial charge in [-0.2, -0.15) is 0 Å². The lowest BCUT2D eigenvalue weighted by atomic mass is 9.88. The first kappa shape index (κ1) is 13.3. The average molecular weight is 269 g/mol. The second-order valence-corrected chi connectivity index (χ2v) is 5.67. The highest BCUT2D eigenvalue weighted by molar-refractivity contribution is 5.39. The third kappa shape index (κ3) is 2.36. The molecule has 1 N–H and O–H groups in total. The Morgan fingerprint density at radius 3 is 2.75 bits per heavy atom. The van der Waals surface area contributed by atoms with Crippen molar-refractivity contribution in [3.8, 4) is 0 Å². The summed E-state index contributed by atoms with van der Waals surface area (Å²) in [7, 11) is 1.96. The van der Waals surface area contributed by atoms with Crippen LogP contribution in [0.5, 0.6) is 0 Å². The number of likely N-dealkylation sites (N-methyl/N-ethyl adjacent to an activating group) is 1. The molecule has 1 nitrogen and oxygen atoms in total. The lowest BCUT2D eigenvalue weighted by Crippen LogP contribution is -2.23. The summed E-state index contributed by atoms with van der Waals surface area (Å²) in [6, 6.07) is 14.1. The van der Waals surface area contributed by atoms with E-state index in [1.807, 2.05) is 14.0 Å². The molecule has 0 saturated heterocycles. The van der Waals surface area contributed by atoms with E-state index in [1.165, 1.54) is 11.1 Å². The third-order valence-electron chi connectivity index (χ3n) is 4.32. The zero-order valence-corrected chi connectivity index (χ0v) is 12.0. The maximum Gasteiger partial charge on any atom is 0.123 e. The van der Waals surface area contributed by atoms with Crippen LogP contribution in [0.2, 0.25) is 0 Å². The quantitative estimate of drug-likeness (QED) is 0.883. The van der Waals surface area contributed by atoms with Crippen LogP contribution >= 0.6 is 0 Å². The van der Waals surface area contributed by atoms with Gasteiger partial charge in [-0.05, 0) is 61.2 Å². The highest BCUT2D eigenvalue weighted by Crippen LogP contribution is 2.41. The summed E-state index contributed by atoms with van der Waals surface area (Å²) in [4.78, 5) is 0. The molecule has 0 fully saturated rings. The lowest BCUT2D eigenvalue weighted by Gasteiger charge is -2.25. The normalized spacial score (nSPS) is 18.9. The molecule has 0 saturated carbocycles. The Kier molecular flexibility index (Phi) is 3.58. The molecule has 0 heterocycles. The van der Waals surface area contributed by atoms with Gasteiger partial charge in [0.1, 0.15) is 5.82 Å². The van der Waals surface area contributed by atoms with E-state index in [-0.39, 0.29) is 11.9 Å². The fourth-order valence-corrected chi connectivity index (χ4v) is 3.48. The van der Waals surface area contributed by atoms with E-state index in [4.69, 9.17) is 0 Å². The van der Waals surface area contributed by atoms with Crippen molar-refractivity contribution in [1.82, 2.24) is 5.32 Å². The van der Waals surface area contributed by atoms with Crippen LogP contribution in [0, 0.1) is 12.7 Å². The Hall–Kier alpha value is -1.67. The predicted molar refractivity (Wildman–Crippen MR) is 80.4 cm³/mol. The van der Waals surface area contributed by atoms with Gasteiger partial charge in [-0.3, -0.25) is 0 Å². The van der Waals surface area contributed by atoms with E-state index in [2.05, 4.69) is 35.6 Å². The van der Waals surface area contributed by atoms with Crippen molar-refractivity contribution in [3.63, 3.8) is 0 Å². The molecule has 2 aromatic rings. The molecule has 104 valence electrons. The van der Waals surface area contributed by atoms with Crippen molar-refractivity contribution >= 4 is 0 Å². The number of benzene rings is 2. The van der Waals surface area contributed by atoms with Crippen LogP contribution in [0.3, 0.4) is 0 Å². The van der Waals surface area contributed by atoms with Crippen molar-refractivity contribution in [1.29, 1.82) is 0 Å². The molecule has 0 spiro atoms. The van der Waals surface area contributed by atoms with Gasteiger partial charge in [0.2, 0.25) is 0 Å². The largest absolute Gasteiger partial charge is 0.312 e. The first-order chi connectivity index (χ1) is 9.69. The molecule has 3 rings (SSSR count). The van der Waals surface area contributed by atoms with Gasteiger partial charge in [-0.25, -0.2) is 4.39 Å². The van der Waals surface area contributed by atoms with Crippen LogP contribution < -0.4 is 5.32 Å². The number of rotatable bonds is 3. The van der Waals surface area contributed by atoms with Gasteiger partial charge in [0.05, 0.1) is 0 Å². The molecule has 0 aliphatic heterocycles. The fourth-order valence-electron chi connectivity index (χ4n) is 3.48. The number of nitrogens with one attached hydrogen (secondary N) is 1. The zero-order chi connectivity index (χ0) is 14.1. The summed E-state index contributed by atoms with van der Waals surface area (Å²) in [5, 5.41) is 3.39. The summed E-state index contributed by atoms with van der Waals surface area (Å²) in [6.07, 6.45) is 2.24. The lowest BCUT2D eigenvalue weighted by molar-refractivity contribution is 0.473. The van der Waals surface area contributed by atoms with Crippen molar-refractivity contribution < 1.29 is 4.39 Å². The number of hydrogen-bond donors (Lipinski definition) is 1. The monoisotopic (exact) mass is 269 g/mol. The topological polar surface area (TPSA) is 12.0 Å². The minimum absolute atomic E-state index is 0.147. The smallest absolute Gasteiger partial charge is 0.123 e. The van der Waals surface area contributed by atoms with E-state index in [1.54, 1.807) is 12.1 Å². The van der Waals surface area contributed by atoms with Gasteiger partial charge in [0, 0.05) is 12.0 Å². The van der Waals surface area contributed by atoms with Gasteiger partial charge < -0.3 is 5.32 Å². The van der Waals surface area contributed by atoms with Crippen LogP contribution in [0.25, 0.3) is 0 Å². The Bertz CT molecular complexity index is 600. The summed E-state index contributed by atoms with van der Waals surface area (Å²) in [5.41, 5.74) is 4.87. The maximum atomic E-state index is 13.7. The molecule has 1 aliphatic rings. The Balaban J connectivity index is 1.99. The van der Waals surface area contributed by atoms with E-state index in [0.29, 0.717) is 5.92 Å². The van der Waals surface area contributed by atoms with Crippen molar-refractivity contribution in [2.24, 2.45) is 0 Å². The van der Waals surface area contributed by atoms with E-state index in [9.17, 15) is 4.39 Å². The second kappa shape index (κ2) is 5.37. The fraction of sp³-hybridized carbons (Fsp3) is 0.333. The second-order valence-electron chi connectivity index (χ2n) is 5.67. The van der Waals surface area contributed by atoms with Gasteiger partial charge in [0.25, 0.3) is 0 Å². The molecule has 0 radical (unpaired) electrons. The van der Waals surface area contributed by atoms with Gasteiger partial charge in [-0.15, -0.1) is 0 Å². The summed E-state index contributed by atoms with van der Waals surface area (Å²) < 4.78 is 13.7. The average Bonchev–Trinajstić information content (AvgIpc) is 2.83. The minimum Gasteiger partial charge on any atom is -0.312 e. The van der Waals surface area contributed by atoms with E-state index >= 15 is 0 Å². The van der Waals surface area contributed by atoms with Crippen molar-refractivity contribution in [2.45, 2.75) is 31.7 Å². The molecular weight excluding hydrogens is 249 g/mol. The molecule has 2 unspecified atom stereocenters. The van der Waals surface area contributed by atoms with Crippen LogP contribution in [-0.4, -0.2) is 7.05 Å². The summed E-state index contributed by atoms with van der Waals surface area (Å²) in [5.74, 6) is 0.281. The third-order valence-corrected chi connectivity index (χ3v) is 4.32. The number of aryl methyl sites for hydroxylation is 2. The molecule has 2 atom stereocenters. The number of hydrogen-bond acceptors (Lipinski definition) is 1. The standard InChI is InChI=1S/C18H20FN/c1-12-9-14(11-15(19)10-12)18(20-2)17-8-7-13-5-3-4-6-16(13)17/h3-6,9-11,17-18,20H,7-8H2,1-2H3. The van der Waals surface area contributed by atoms with Gasteiger partial charge in [0.15, 0.2) is 0 Å². The number of halogens is 1. The molecule has 0 aromatic heterocycles. The minimum atomic E-state index is -0.147. The van der Waals surface area contributed by atoms with Crippen LogP contribution in [0.1, 0.15) is 40.6 Å². The van der Waals surface area contributed by atoms with Crippen molar-refractivity contribution in [3.05, 3.63) is 70.5 Å². The summed E-state index contributed by atoms with van der Waals surface area (Å²) in [6.45, 7) is 1.95. The predicted octanol–water partition coefficient (Wildman–Crippen LogP) is 4.12. The molecule has 1 aliphatic carbocycles. The maximum absolute atomic E-state index is 13.7. The first-order valence-electron chi connectivity index (χ1n) is 7.21. The van der Waals surface area contributed by atoms with Crippen LogP contribution in [0.4, 0.5) is 4.39 Å². The van der Waals surface area contributed by atoms with Crippen LogP contribution in [0.15, 0.2) is 42.5 Å². The Morgan fingerprint density at radius 1 is 1.20 bits per heavy atom. The zero-order valence-electron chi connectivity index (χ0n) is 12.0. The SMILES string of the molecule is CNC(c1cc(C)cc(F)c1)C1CCc2ccccc21. The molecule has 0 amide bonds. The van der Waals surface area contributed by atoms with E-state index < -0.39 is 0 Å². The van der Waals surface area contributed by atoms with E-state index in [0.717, 1.165) is 24.0 Å². The molecule has 2 heteroatoms. The summed E-state index contributed by atoms with van der Waals surface area (Å²) >= 11 is 0. The number of fused-ring (bicyclic) bond motifs is 1. The first-order valence-corrected chi connectivity index (χ1v) is 7.21. The van der Waals surface area contributed by atoms with Gasteiger partial charge >= 0.3 is 0 Å². The highest BCUT2D eigenvalue weighted by atomic mass is 19.1. The molecular formula is C18H20FN. The Labute approximate surface area is 119 Å². The highest BCUT2D eigenvalue weighted by Gasteiger charge is 2.29. The molecule has 20 heavy (non-hydrogen) atoms.